The van der Waals surface area contributed by atoms with Crippen LogP contribution in [0.25, 0.3) is 0 Å². The van der Waals surface area contributed by atoms with Crippen LogP contribution in [0.1, 0.15) is 25.7 Å². The third-order valence-electron chi connectivity index (χ3n) is 1.56. The Kier molecular flexibility index (Phi) is 2.08. The van der Waals surface area contributed by atoms with Crippen LogP contribution in [0.5, 0.6) is 0 Å². The lowest BCUT2D eigenvalue weighted by Crippen LogP contribution is -2.00. The highest BCUT2D eigenvalue weighted by molar-refractivity contribution is 7.90. The van der Waals surface area contributed by atoms with Gasteiger partial charge in [0.05, 0.1) is 4.91 Å². The fourth-order valence-electron chi connectivity index (χ4n) is 1.03. The molecule has 0 amide bonds. The molecular weight excluding hydrogens is 155 g/mol. The van der Waals surface area contributed by atoms with Gasteiger partial charge in [0.25, 0.3) is 0 Å². The molecule has 0 radical (unpaired) electrons. The third kappa shape index (κ3) is 1.80. The summed E-state index contributed by atoms with van der Waals surface area (Å²) in [6, 6.07) is 0. The van der Waals surface area contributed by atoms with E-state index in [2.05, 4.69) is 0 Å². The Morgan fingerprint density at radius 1 is 1.40 bits per heavy atom. The zero-order chi connectivity index (χ0) is 7.61. The van der Waals surface area contributed by atoms with Crippen molar-refractivity contribution in [3.63, 3.8) is 0 Å². The first-order valence-corrected chi connectivity index (χ1v) is 4.63. The average Bonchev–Trinajstić information content (AvgIpc) is 1.88. The molecule has 0 aromatic rings. The number of allylic oxidation sites excluding steroid dienone is 2. The molecule has 0 saturated carbocycles. The minimum absolute atomic E-state index is 0.0289. The third-order valence-corrected chi connectivity index (χ3v) is 2.56. The van der Waals surface area contributed by atoms with Gasteiger partial charge in [-0.25, -0.2) is 0 Å². The molecule has 0 aliphatic heterocycles. The number of halogens is 1. The number of hydrogen-bond donors (Lipinski definition) is 0. The first kappa shape index (κ1) is 7.72. The largest absolute Gasteiger partial charge is 0.327 e. The Hall–Kier alpha value is -0.380. The molecule has 1 aliphatic rings. The molecule has 0 saturated heterocycles. The van der Waals surface area contributed by atoms with Crippen molar-refractivity contribution in [2.24, 2.45) is 0 Å². The van der Waals surface area contributed by atoms with Gasteiger partial charge in [0.2, 0.25) is 0 Å². The number of rotatable bonds is 1. The van der Waals surface area contributed by atoms with E-state index in [9.17, 15) is 12.3 Å². The summed E-state index contributed by atoms with van der Waals surface area (Å²) in [6.45, 7) is 0. The van der Waals surface area contributed by atoms with Gasteiger partial charge < -0.3 is 0 Å². The molecule has 58 valence electrons. The van der Waals surface area contributed by atoms with Crippen molar-refractivity contribution in [3.8, 4) is 0 Å². The van der Waals surface area contributed by atoms with Crippen LogP contribution >= 0.6 is 0 Å². The highest BCUT2D eigenvalue weighted by Gasteiger charge is 2.16. The maximum Gasteiger partial charge on any atom is 0.327 e. The van der Waals surface area contributed by atoms with Crippen LogP contribution < -0.4 is 0 Å². The van der Waals surface area contributed by atoms with Gasteiger partial charge in [-0.2, -0.15) is 8.42 Å². The highest BCUT2D eigenvalue weighted by Crippen LogP contribution is 2.22. The van der Waals surface area contributed by atoms with Gasteiger partial charge in [-0.3, -0.25) is 0 Å². The molecule has 0 aromatic heterocycles. The molecule has 0 fully saturated rings. The molecule has 0 bridgehead atoms. The minimum Gasteiger partial charge on any atom is -0.190 e. The summed E-state index contributed by atoms with van der Waals surface area (Å²) in [5, 5.41) is 0. The summed E-state index contributed by atoms with van der Waals surface area (Å²) >= 11 is 0. The van der Waals surface area contributed by atoms with Crippen LogP contribution in [-0.4, -0.2) is 8.42 Å². The molecule has 1 aliphatic carbocycles. The SMILES string of the molecule is O=S(=O)(F)C1=CCCCC1. The molecule has 2 nitrogen and oxygen atoms in total. The summed E-state index contributed by atoms with van der Waals surface area (Å²) in [5.41, 5.74) is 0. The van der Waals surface area contributed by atoms with Crippen LogP contribution in [-0.2, 0) is 10.2 Å². The minimum atomic E-state index is -4.36. The van der Waals surface area contributed by atoms with E-state index >= 15 is 0 Å². The monoisotopic (exact) mass is 164 g/mol. The smallest absolute Gasteiger partial charge is 0.190 e. The van der Waals surface area contributed by atoms with Gasteiger partial charge in [-0.15, -0.1) is 3.89 Å². The predicted molar refractivity (Wildman–Crippen MR) is 36.6 cm³/mol. The van der Waals surface area contributed by atoms with Gasteiger partial charge in [0, 0.05) is 0 Å². The van der Waals surface area contributed by atoms with Crippen molar-refractivity contribution < 1.29 is 12.3 Å². The predicted octanol–water partition coefficient (Wildman–Crippen LogP) is 1.74. The van der Waals surface area contributed by atoms with Crippen LogP contribution in [0.2, 0.25) is 0 Å². The molecule has 0 spiro atoms. The summed E-state index contributed by atoms with van der Waals surface area (Å²) < 4.78 is 32.7. The molecule has 0 atom stereocenters. The fraction of sp³-hybridized carbons (Fsp3) is 0.667. The second-order valence-electron chi connectivity index (χ2n) is 2.35. The lowest BCUT2D eigenvalue weighted by atomic mass is 10.1. The van der Waals surface area contributed by atoms with Gasteiger partial charge in [-0.05, 0) is 25.7 Å². The van der Waals surface area contributed by atoms with Crippen LogP contribution in [0.15, 0.2) is 11.0 Å². The van der Waals surface area contributed by atoms with Gasteiger partial charge in [-0.1, -0.05) is 6.08 Å². The Labute approximate surface area is 60.0 Å². The molecular formula is C6H9FO2S. The summed E-state index contributed by atoms with van der Waals surface area (Å²) in [6.07, 6.45) is 4.30. The van der Waals surface area contributed by atoms with E-state index in [1.807, 2.05) is 0 Å². The van der Waals surface area contributed by atoms with Crippen molar-refractivity contribution in [1.82, 2.24) is 0 Å². The average molecular weight is 164 g/mol. The molecule has 1 rings (SSSR count). The van der Waals surface area contributed by atoms with Crippen LogP contribution in [0.4, 0.5) is 3.89 Å². The highest BCUT2D eigenvalue weighted by atomic mass is 32.3. The summed E-state index contributed by atoms with van der Waals surface area (Å²) in [5.74, 6) is 0. The second kappa shape index (κ2) is 2.70. The van der Waals surface area contributed by atoms with E-state index in [1.165, 1.54) is 6.08 Å². The zero-order valence-electron chi connectivity index (χ0n) is 5.51. The van der Waals surface area contributed by atoms with Gasteiger partial charge in [0.15, 0.2) is 0 Å². The van der Waals surface area contributed by atoms with Gasteiger partial charge in [0.1, 0.15) is 0 Å². The molecule has 10 heavy (non-hydrogen) atoms. The van der Waals surface area contributed by atoms with Crippen molar-refractivity contribution in [2.45, 2.75) is 25.7 Å². The molecule has 0 heterocycles. The van der Waals surface area contributed by atoms with Gasteiger partial charge >= 0.3 is 10.2 Å². The summed E-state index contributed by atoms with van der Waals surface area (Å²) in [7, 11) is -4.36. The van der Waals surface area contributed by atoms with Crippen molar-refractivity contribution >= 4 is 10.2 Å². The van der Waals surface area contributed by atoms with Crippen LogP contribution in [0.3, 0.4) is 0 Å². The van der Waals surface area contributed by atoms with E-state index in [0.717, 1.165) is 12.8 Å². The Balaban J connectivity index is 2.82. The normalized spacial score (nSPS) is 20.3. The molecule has 4 heteroatoms. The zero-order valence-corrected chi connectivity index (χ0v) is 6.32. The second-order valence-corrected chi connectivity index (χ2v) is 3.75. The molecule has 0 unspecified atom stereocenters. The first-order valence-electron chi connectivity index (χ1n) is 3.24. The van der Waals surface area contributed by atoms with Crippen molar-refractivity contribution in [2.75, 3.05) is 0 Å². The van der Waals surface area contributed by atoms with Crippen LogP contribution in [0, 0.1) is 0 Å². The Morgan fingerprint density at radius 2 is 2.10 bits per heavy atom. The van der Waals surface area contributed by atoms with E-state index < -0.39 is 10.2 Å². The first-order chi connectivity index (χ1) is 4.61. The quantitative estimate of drug-likeness (QED) is 0.553. The fourth-order valence-corrected chi connectivity index (χ4v) is 1.74. The lowest BCUT2D eigenvalue weighted by Gasteiger charge is -2.07. The van der Waals surface area contributed by atoms with Crippen molar-refractivity contribution in [1.29, 1.82) is 0 Å². The van der Waals surface area contributed by atoms with E-state index in [1.54, 1.807) is 0 Å². The van der Waals surface area contributed by atoms with E-state index in [-0.39, 0.29) is 4.91 Å². The maximum absolute atomic E-state index is 12.2. The Bertz CT molecular complexity index is 240. The molecule has 0 N–H and O–H groups in total. The molecule has 0 aromatic carbocycles. The van der Waals surface area contributed by atoms with E-state index in [0.29, 0.717) is 12.8 Å². The maximum atomic E-state index is 12.2. The summed E-state index contributed by atoms with van der Waals surface area (Å²) in [4.78, 5) is -0.0289. The van der Waals surface area contributed by atoms with Crippen molar-refractivity contribution in [3.05, 3.63) is 11.0 Å². The topological polar surface area (TPSA) is 34.1 Å². The number of hydrogen-bond acceptors (Lipinski definition) is 2. The standard InChI is InChI=1S/C6H9FO2S/c7-10(8,9)6-4-2-1-3-5-6/h4H,1-3,5H2. The Morgan fingerprint density at radius 3 is 2.40 bits per heavy atom. The van der Waals surface area contributed by atoms with E-state index in [4.69, 9.17) is 0 Å². The lowest BCUT2D eigenvalue weighted by molar-refractivity contribution is 0.553.